The summed E-state index contributed by atoms with van der Waals surface area (Å²) in [5.41, 5.74) is 6.32. The molecule has 3 N–H and O–H groups in total. The summed E-state index contributed by atoms with van der Waals surface area (Å²) in [7, 11) is 0. The molecule has 0 amide bonds. The molecule has 0 aromatic carbocycles. The summed E-state index contributed by atoms with van der Waals surface area (Å²) < 4.78 is 1.41. The third kappa shape index (κ3) is 1.50. The van der Waals surface area contributed by atoms with Gasteiger partial charge in [-0.2, -0.15) is 0 Å². The fourth-order valence-electron chi connectivity index (χ4n) is 1.76. The van der Waals surface area contributed by atoms with Crippen molar-refractivity contribution in [3.63, 3.8) is 0 Å². The van der Waals surface area contributed by atoms with Gasteiger partial charge in [-0.3, -0.25) is 4.79 Å². The highest BCUT2D eigenvalue weighted by atomic mass is 16.2. The van der Waals surface area contributed by atoms with Gasteiger partial charge in [0.15, 0.2) is 0 Å². The molecule has 1 aromatic rings. The van der Waals surface area contributed by atoms with E-state index in [1.54, 1.807) is 6.07 Å². The fourth-order valence-corrected chi connectivity index (χ4v) is 1.76. The Hall–Kier alpha value is -1.36. The minimum atomic E-state index is 0.0456. The van der Waals surface area contributed by atoms with Crippen LogP contribution in [-0.4, -0.2) is 28.8 Å². The van der Waals surface area contributed by atoms with Crippen molar-refractivity contribution in [2.24, 2.45) is 5.92 Å². The Morgan fingerprint density at radius 2 is 2.57 bits per heavy atom. The summed E-state index contributed by atoms with van der Waals surface area (Å²) in [6.07, 6.45) is 0.887. The van der Waals surface area contributed by atoms with Crippen molar-refractivity contribution in [3.05, 3.63) is 11.8 Å². The molecule has 1 fully saturated rings. The summed E-state index contributed by atoms with van der Waals surface area (Å²) in [5, 5.41) is 7.13. The van der Waals surface area contributed by atoms with Gasteiger partial charge >= 0.3 is 0 Å². The molecule has 1 aromatic heterocycles. The van der Waals surface area contributed by atoms with E-state index in [4.69, 9.17) is 5.73 Å². The number of nitrogens with zero attached hydrogens (tertiary/aromatic N) is 2. The second kappa shape index (κ2) is 3.42. The number of carbonyl (C=O) groups excluding carboxylic acids is 1. The maximum Gasteiger partial charge on any atom is 0.251 e. The van der Waals surface area contributed by atoms with Crippen LogP contribution < -0.4 is 11.1 Å². The lowest BCUT2D eigenvalue weighted by Gasteiger charge is -2.07. The lowest BCUT2D eigenvalue weighted by Crippen LogP contribution is -2.25. The lowest BCUT2D eigenvalue weighted by molar-refractivity contribution is 0.0826. The maximum absolute atomic E-state index is 11.9. The highest BCUT2D eigenvalue weighted by molar-refractivity contribution is 5.82. The van der Waals surface area contributed by atoms with Crippen molar-refractivity contribution >= 4 is 11.7 Å². The van der Waals surface area contributed by atoms with Crippen LogP contribution in [0.3, 0.4) is 0 Å². The van der Waals surface area contributed by atoms with Gasteiger partial charge in [-0.15, -0.1) is 5.10 Å². The summed E-state index contributed by atoms with van der Waals surface area (Å²) in [4.78, 5) is 11.9. The monoisotopic (exact) mass is 194 g/mol. The Morgan fingerprint density at radius 1 is 1.79 bits per heavy atom. The van der Waals surface area contributed by atoms with Crippen molar-refractivity contribution in [2.75, 3.05) is 18.8 Å². The van der Waals surface area contributed by atoms with Crippen molar-refractivity contribution in [1.29, 1.82) is 0 Å². The van der Waals surface area contributed by atoms with Gasteiger partial charge in [-0.05, 0) is 19.9 Å². The van der Waals surface area contributed by atoms with Crippen molar-refractivity contribution in [3.8, 4) is 0 Å². The molecule has 5 heteroatoms. The van der Waals surface area contributed by atoms with Crippen LogP contribution in [0.2, 0.25) is 0 Å². The average molecular weight is 194 g/mol. The predicted octanol–water partition coefficient (Wildman–Crippen LogP) is 0.0234. The zero-order valence-corrected chi connectivity index (χ0v) is 8.16. The summed E-state index contributed by atoms with van der Waals surface area (Å²) in [6.45, 7) is 3.49. The van der Waals surface area contributed by atoms with Crippen LogP contribution in [-0.2, 0) is 0 Å². The van der Waals surface area contributed by atoms with E-state index in [1.807, 2.05) is 6.92 Å². The molecule has 2 rings (SSSR count). The van der Waals surface area contributed by atoms with Gasteiger partial charge < -0.3 is 11.1 Å². The third-order valence-corrected chi connectivity index (χ3v) is 2.52. The van der Waals surface area contributed by atoms with Gasteiger partial charge in [0, 0.05) is 18.3 Å². The number of nitrogens with one attached hydrogen (secondary N) is 1. The number of rotatable bonds is 1. The van der Waals surface area contributed by atoms with E-state index in [2.05, 4.69) is 10.4 Å². The SMILES string of the molecule is Cc1cc(N)nn1C(=O)C1CCNC1. The molecule has 1 unspecified atom stereocenters. The smallest absolute Gasteiger partial charge is 0.251 e. The molecule has 0 bridgehead atoms. The Morgan fingerprint density at radius 3 is 3.07 bits per heavy atom. The molecule has 0 saturated carbocycles. The van der Waals surface area contributed by atoms with Gasteiger partial charge in [0.25, 0.3) is 5.91 Å². The zero-order valence-electron chi connectivity index (χ0n) is 8.16. The van der Waals surface area contributed by atoms with Crippen LogP contribution in [0, 0.1) is 12.8 Å². The molecule has 1 atom stereocenters. The maximum atomic E-state index is 11.9. The first-order valence-electron chi connectivity index (χ1n) is 4.75. The predicted molar refractivity (Wildman–Crippen MR) is 53.0 cm³/mol. The molecule has 76 valence electrons. The highest BCUT2D eigenvalue weighted by Gasteiger charge is 2.25. The number of nitrogens with two attached hydrogens (primary N) is 1. The molecule has 0 aliphatic carbocycles. The first-order valence-corrected chi connectivity index (χ1v) is 4.75. The Balaban J connectivity index is 2.21. The number of anilines is 1. The van der Waals surface area contributed by atoms with E-state index in [0.29, 0.717) is 5.82 Å². The molecule has 1 aliphatic heterocycles. The molecule has 5 nitrogen and oxygen atoms in total. The molecular weight excluding hydrogens is 180 g/mol. The van der Waals surface area contributed by atoms with Crippen molar-refractivity contribution in [2.45, 2.75) is 13.3 Å². The zero-order chi connectivity index (χ0) is 10.1. The van der Waals surface area contributed by atoms with Crippen LogP contribution in [0.5, 0.6) is 0 Å². The molecule has 1 saturated heterocycles. The number of aromatic nitrogens is 2. The summed E-state index contributed by atoms with van der Waals surface area (Å²) >= 11 is 0. The Kier molecular flexibility index (Phi) is 2.25. The first kappa shape index (κ1) is 9.21. The van der Waals surface area contributed by atoms with E-state index in [9.17, 15) is 4.79 Å². The largest absolute Gasteiger partial charge is 0.382 e. The van der Waals surface area contributed by atoms with Gasteiger partial charge in [0.1, 0.15) is 5.82 Å². The number of hydrogen-bond donors (Lipinski definition) is 2. The van der Waals surface area contributed by atoms with Crippen LogP contribution >= 0.6 is 0 Å². The average Bonchev–Trinajstić information content (AvgIpc) is 2.73. The minimum absolute atomic E-state index is 0.0456. The lowest BCUT2D eigenvalue weighted by atomic mass is 10.1. The molecule has 1 aliphatic rings. The van der Waals surface area contributed by atoms with Crippen molar-refractivity contribution in [1.82, 2.24) is 15.1 Å². The first-order chi connectivity index (χ1) is 6.68. The van der Waals surface area contributed by atoms with Crippen LogP contribution in [0.15, 0.2) is 6.07 Å². The van der Waals surface area contributed by atoms with E-state index < -0.39 is 0 Å². The summed E-state index contributed by atoms with van der Waals surface area (Å²) in [5.74, 6) is 0.499. The molecule has 0 spiro atoms. The van der Waals surface area contributed by atoms with Crippen LogP contribution in [0.1, 0.15) is 16.9 Å². The number of hydrogen-bond acceptors (Lipinski definition) is 4. The third-order valence-electron chi connectivity index (χ3n) is 2.52. The summed E-state index contributed by atoms with van der Waals surface area (Å²) in [6, 6.07) is 1.71. The van der Waals surface area contributed by atoms with E-state index in [0.717, 1.165) is 25.2 Å². The van der Waals surface area contributed by atoms with Gasteiger partial charge in [-0.25, -0.2) is 4.68 Å². The second-order valence-corrected chi connectivity index (χ2v) is 3.65. The fraction of sp³-hybridized carbons (Fsp3) is 0.556. The van der Waals surface area contributed by atoms with Crippen LogP contribution in [0.25, 0.3) is 0 Å². The van der Waals surface area contributed by atoms with Crippen LogP contribution in [0.4, 0.5) is 5.82 Å². The Labute approximate surface area is 82.3 Å². The number of aryl methyl sites for hydroxylation is 1. The Bertz CT molecular complexity index is 352. The molecular formula is C9H14N4O. The number of nitrogen functional groups attached to an aromatic ring is 1. The number of carbonyl (C=O) groups is 1. The van der Waals surface area contributed by atoms with Crippen molar-refractivity contribution < 1.29 is 4.79 Å². The quantitative estimate of drug-likeness (QED) is 0.661. The minimum Gasteiger partial charge on any atom is -0.382 e. The standard InChI is InChI=1S/C9H14N4O/c1-6-4-8(10)12-13(6)9(14)7-2-3-11-5-7/h4,7,11H,2-3,5H2,1H3,(H2,10,12). The van der Waals surface area contributed by atoms with E-state index >= 15 is 0 Å². The topological polar surface area (TPSA) is 72.9 Å². The van der Waals surface area contributed by atoms with Gasteiger partial charge in [0.2, 0.25) is 0 Å². The normalized spacial score (nSPS) is 21.4. The van der Waals surface area contributed by atoms with E-state index in [1.165, 1.54) is 4.68 Å². The highest BCUT2D eigenvalue weighted by Crippen LogP contribution is 2.13. The van der Waals surface area contributed by atoms with Gasteiger partial charge in [-0.1, -0.05) is 0 Å². The molecule has 14 heavy (non-hydrogen) atoms. The van der Waals surface area contributed by atoms with Gasteiger partial charge in [0.05, 0.1) is 5.92 Å². The molecule has 0 radical (unpaired) electrons. The second-order valence-electron chi connectivity index (χ2n) is 3.65. The van der Waals surface area contributed by atoms with E-state index in [-0.39, 0.29) is 11.8 Å². The molecule has 2 heterocycles.